The number of hydrogen-bond donors (Lipinski definition) is 2. The molecule has 2 N–H and O–H groups in total. The van der Waals surface area contributed by atoms with Crippen LogP contribution >= 0.6 is 7.82 Å². The zero-order chi connectivity index (χ0) is 16.1. The van der Waals surface area contributed by atoms with Gasteiger partial charge in [-0.15, -0.1) is 0 Å². The quantitative estimate of drug-likeness (QED) is 0.401. The Morgan fingerprint density at radius 2 is 1.27 bits per heavy atom. The highest BCUT2D eigenvalue weighted by Crippen LogP contribution is 2.35. The van der Waals surface area contributed by atoms with Crippen molar-refractivity contribution in [1.29, 1.82) is 0 Å². The van der Waals surface area contributed by atoms with Crippen LogP contribution in [0.15, 0.2) is 30.3 Å². The summed E-state index contributed by atoms with van der Waals surface area (Å²) in [7, 11) is -4.27. The highest BCUT2D eigenvalue weighted by atomic mass is 31.2. The molecule has 0 amide bonds. The van der Waals surface area contributed by atoms with Crippen LogP contribution in [0.2, 0.25) is 0 Å². The Hall–Kier alpha value is -0.670. The molecule has 0 bridgehead atoms. The van der Waals surface area contributed by atoms with Crippen molar-refractivity contribution in [3.63, 3.8) is 0 Å². The van der Waals surface area contributed by atoms with Gasteiger partial charge >= 0.3 is 7.82 Å². The average Bonchev–Trinajstić information content (AvgIpc) is 2.48. The molecular weight excluding hydrogens is 299 g/mol. The Morgan fingerprint density at radius 3 is 1.82 bits per heavy atom. The van der Waals surface area contributed by atoms with Crippen LogP contribution in [0.3, 0.4) is 0 Å². The summed E-state index contributed by atoms with van der Waals surface area (Å²) >= 11 is 0. The Bertz CT molecular complexity index is 416. The van der Waals surface area contributed by atoms with Gasteiger partial charge in [0.15, 0.2) is 0 Å². The van der Waals surface area contributed by atoms with E-state index in [0.717, 1.165) is 19.3 Å². The van der Waals surface area contributed by atoms with E-state index in [1.165, 1.54) is 50.5 Å². The molecule has 0 atom stereocenters. The van der Waals surface area contributed by atoms with Gasteiger partial charge in [0.25, 0.3) is 0 Å². The molecule has 0 fully saturated rings. The van der Waals surface area contributed by atoms with Crippen LogP contribution in [0.5, 0.6) is 0 Å². The summed E-state index contributed by atoms with van der Waals surface area (Å²) in [5.41, 5.74) is 1.43. The summed E-state index contributed by atoms with van der Waals surface area (Å²) in [5.74, 6) is 0. The van der Waals surface area contributed by atoms with Crippen LogP contribution in [-0.2, 0) is 15.5 Å². The van der Waals surface area contributed by atoms with Gasteiger partial charge in [-0.05, 0) is 24.8 Å². The Balaban J connectivity index is 1.79. The third-order valence-corrected chi connectivity index (χ3v) is 4.23. The lowest BCUT2D eigenvalue weighted by atomic mass is 10.0. The third kappa shape index (κ3) is 11.9. The minimum Gasteiger partial charge on any atom is -0.303 e. The van der Waals surface area contributed by atoms with E-state index in [-0.39, 0.29) is 6.61 Å². The van der Waals surface area contributed by atoms with Crippen molar-refractivity contribution in [2.45, 2.75) is 64.2 Å². The number of aryl methyl sites for hydroxylation is 1. The van der Waals surface area contributed by atoms with Crippen molar-refractivity contribution in [2.24, 2.45) is 0 Å². The summed E-state index contributed by atoms with van der Waals surface area (Å²) < 4.78 is 14.9. The van der Waals surface area contributed by atoms with E-state index >= 15 is 0 Å². The first-order valence-corrected chi connectivity index (χ1v) is 9.85. The molecule has 0 saturated heterocycles. The maximum absolute atomic E-state index is 10.5. The average molecular weight is 328 g/mol. The van der Waals surface area contributed by atoms with Gasteiger partial charge in [0, 0.05) is 0 Å². The predicted molar refractivity (Wildman–Crippen MR) is 89.7 cm³/mol. The van der Waals surface area contributed by atoms with E-state index in [2.05, 4.69) is 34.9 Å². The number of benzene rings is 1. The molecule has 0 saturated carbocycles. The summed E-state index contributed by atoms with van der Waals surface area (Å²) in [6.45, 7) is 0.157. The van der Waals surface area contributed by atoms with Crippen LogP contribution in [0.1, 0.15) is 63.4 Å². The van der Waals surface area contributed by atoms with Gasteiger partial charge in [0.05, 0.1) is 6.61 Å². The van der Waals surface area contributed by atoms with Gasteiger partial charge in [-0.3, -0.25) is 4.52 Å². The number of unbranched alkanes of at least 4 members (excludes halogenated alkanes) is 8. The first-order valence-electron chi connectivity index (χ1n) is 8.32. The smallest absolute Gasteiger partial charge is 0.303 e. The normalized spacial score (nSPS) is 11.7. The minimum atomic E-state index is -4.27. The lowest BCUT2D eigenvalue weighted by Crippen LogP contribution is -1.92. The highest BCUT2D eigenvalue weighted by Gasteiger charge is 2.12. The number of hydrogen-bond acceptors (Lipinski definition) is 2. The van der Waals surface area contributed by atoms with Gasteiger partial charge in [-0.1, -0.05) is 75.3 Å². The van der Waals surface area contributed by atoms with Crippen LogP contribution in [0, 0.1) is 0 Å². The Morgan fingerprint density at radius 1 is 0.773 bits per heavy atom. The summed E-state index contributed by atoms with van der Waals surface area (Å²) in [4.78, 5) is 17.0. The largest absolute Gasteiger partial charge is 0.469 e. The Labute approximate surface area is 134 Å². The molecule has 0 spiro atoms. The second-order valence-electron chi connectivity index (χ2n) is 5.74. The first kappa shape index (κ1) is 19.4. The molecule has 0 aromatic heterocycles. The van der Waals surface area contributed by atoms with Crippen molar-refractivity contribution in [1.82, 2.24) is 0 Å². The zero-order valence-corrected chi connectivity index (χ0v) is 14.2. The fourth-order valence-electron chi connectivity index (χ4n) is 2.50. The molecule has 1 aromatic carbocycles. The maximum atomic E-state index is 10.5. The molecular formula is C17H29O4P. The molecule has 0 unspecified atom stereocenters. The second-order valence-corrected chi connectivity index (χ2v) is 6.98. The predicted octanol–water partition coefficient (Wildman–Crippen LogP) is 4.85. The third-order valence-electron chi connectivity index (χ3n) is 3.71. The molecule has 22 heavy (non-hydrogen) atoms. The summed E-state index contributed by atoms with van der Waals surface area (Å²) in [6.07, 6.45) is 11.6. The SMILES string of the molecule is O=P(O)(O)OCCCCCCCCCCCc1ccccc1. The van der Waals surface area contributed by atoms with E-state index in [4.69, 9.17) is 9.79 Å². The zero-order valence-electron chi connectivity index (χ0n) is 13.3. The van der Waals surface area contributed by atoms with Crippen molar-refractivity contribution in [2.75, 3.05) is 6.61 Å². The van der Waals surface area contributed by atoms with Crippen LogP contribution < -0.4 is 0 Å². The van der Waals surface area contributed by atoms with Gasteiger partial charge in [-0.2, -0.15) is 0 Å². The highest BCUT2D eigenvalue weighted by molar-refractivity contribution is 7.46. The van der Waals surface area contributed by atoms with Crippen molar-refractivity contribution < 1.29 is 18.9 Å². The van der Waals surface area contributed by atoms with E-state index in [1.54, 1.807) is 0 Å². The second kappa shape index (κ2) is 11.8. The van der Waals surface area contributed by atoms with Crippen LogP contribution in [0.4, 0.5) is 0 Å². The monoisotopic (exact) mass is 328 g/mol. The van der Waals surface area contributed by atoms with Gasteiger partial charge < -0.3 is 9.79 Å². The first-order chi connectivity index (χ1) is 10.6. The fourth-order valence-corrected chi connectivity index (χ4v) is 2.86. The van der Waals surface area contributed by atoms with Crippen LogP contribution in [0.25, 0.3) is 0 Å². The Kier molecular flexibility index (Phi) is 10.4. The molecule has 0 heterocycles. The van der Waals surface area contributed by atoms with E-state index in [9.17, 15) is 4.57 Å². The van der Waals surface area contributed by atoms with E-state index in [1.807, 2.05) is 0 Å². The van der Waals surface area contributed by atoms with Crippen molar-refractivity contribution in [3.05, 3.63) is 35.9 Å². The van der Waals surface area contributed by atoms with Gasteiger partial charge in [0.2, 0.25) is 0 Å². The number of phosphoric ester groups is 1. The summed E-state index contributed by atoms with van der Waals surface area (Å²) in [5, 5.41) is 0. The molecule has 0 aliphatic heterocycles. The van der Waals surface area contributed by atoms with Crippen LogP contribution in [-0.4, -0.2) is 16.4 Å². The summed E-state index contributed by atoms with van der Waals surface area (Å²) in [6, 6.07) is 10.6. The topological polar surface area (TPSA) is 66.8 Å². The molecule has 126 valence electrons. The molecule has 0 radical (unpaired) electrons. The number of phosphoric acid groups is 1. The molecule has 4 nitrogen and oxygen atoms in total. The lowest BCUT2D eigenvalue weighted by molar-refractivity contribution is 0.193. The lowest BCUT2D eigenvalue weighted by Gasteiger charge is -2.05. The van der Waals surface area contributed by atoms with E-state index in [0.29, 0.717) is 0 Å². The standard InChI is InChI=1S/C17H29O4P/c18-22(19,20)21-16-12-7-5-3-1-2-4-6-9-13-17-14-10-8-11-15-17/h8,10-11,14-15H,1-7,9,12-13,16H2,(H2,18,19,20). The molecule has 0 aliphatic rings. The van der Waals surface area contributed by atoms with Gasteiger partial charge in [0.1, 0.15) is 0 Å². The molecule has 0 aliphatic carbocycles. The van der Waals surface area contributed by atoms with Crippen molar-refractivity contribution >= 4 is 7.82 Å². The van der Waals surface area contributed by atoms with Gasteiger partial charge in [-0.25, -0.2) is 4.57 Å². The maximum Gasteiger partial charge on any atom is 0.469 e. The number of rotatable bonds is 13. The van der Waals surface area contributed by atoms with E-state index < -0.39 is 7.82 Å². The molecule has 5 heteroatoms. The van der Waals surface area contributed by atoms with Crippen molar-refractivity contribution in [3.8, 4) is 0 Å². The minimum absolute atomic E-state index is 0.157. The molecule has 1 aromatic rings. The fraction of sp³-hybridized carbons (Fsp3) is 0.647. The molecule has 1 rings (SSSR count).